The summed E-state index contributed by atoms with van der Waals surface area (Å²) in [7, 11) is 0. The molecule has 1 amide bonds. The maximum absolute atomic E-state index is 11.1. The van der Waals surface area contributed by atoms with Gasteiger partial charge in [-0.1, -0.05) is 0 Å². The maximum Gasteiger partial charge on any atom is 0.326 e. The molecule has 15 heavy (non-hydrogen) atoms. The van der Waals surface area contributed by atoms with Crippen molar-refractivity contribution in [3.63, 3.8) is 0 Å². The van der Waals surface area contributed by atoms with Gasteiger partial charge in [-0.3, -0.25) is 4.79 Å². The SMILES string of the molecule is NCCOCC(=O)N[C@H](CCO)C(=O)O. The molecule has 0 fully saturated rings. The van der Waals surface area contributed by atoms with Crippen molar-refractivity contribution in [1.82, 2.24) is 5.32 Å². The lowest BCUT2D eigenvalue weighted by Crippen LogP contribution is -2.43. The fourth-order valence-corrected chi connectivity index (χ4v) is 0.871. The van der Waals surface area contributed by atoms with Crippen LogP contribution in [-0.2, 0) is 14.3 Å². The molecule has 0 unspecified atom stereocenters. The summed E-state index contributed by atoms with van der Waals surface area (Å²) in [5, 5.41) is 19.4. The Balaban J connectivity index is 3.84. The van der Waals surface area contributed by atoms with Crippen molar-refractivity contribution in [2.24, 2.45) is 5.73 Å². The van der Waals surface area contributed by atoms with E-state index >= 15 is 0 Å². The number of carbonyl (C=O) groups excluding carboxylic acids is 1. The molecule has 88 valence electrons. The van der Waals surface area contributed by atoms with Crippen LogP contribution in [0.5, 0.6) is 0 Å². The van der Waals surface area contributed by atoms with Gasteiger partial charge in [0, 0.05) is 19.6 Å². The molecule has 0 aromatic heterocycles. The Labute approximate surface area is 87.2 Å². The van der Waals surface area contributed by atoms with E-state index in [2.05, 4.69) is 5.32 Å². The summed E-state index contributed by atoms with van der Waals surface area (Å²) < 4.78 is 4.81. The van der Waals surface area contributed by atoms with Crippen LogP contribution in [0.2, 0.25) is 0 Å². The highest BCUT2D eigenvalue weighted by atomic mass is 16.5. The van der Waals surface area contributed by atoms with Crippen molar-refractivity contribution < 1.29 is 24.5 Å². The fourth-order valence-electron chi connectivity index (χ4n) is 0.871. The van der Waals surface area contributed by atoms with Gasteiger partial charge in [0.15, 0.2) is 0 Å². The van der Waals surface area contributed by atoms with Crippen LogP contribution in [0.1, 0.15) is 6.42 Å². The lowest BCUT2D eigenvalue weighted by Gasteiger charge is -2.12. The highest BCUT2D eigenvalue weighted by Gasteiger charge is 2.18. The van der Waals surface area contributed by atoms with E-state index in [0.29, 0.717) is 6.54 Å². The molecule has 0 aliphatic rings. The highest BCUT2D eigenvalue weighted by Crippen LogP contribution is 1.91. The second-order valence-corrected chi connectivity index (χ2v) is 2.81. The molecule has 0 aliphatic heterocycles. The Bertz CT molecular complexity index is 209. The minimum absolute atomic E-state index is 0.0298. The Morgan fingerprint density at radius 3 is 2.60 bits per heavy atom. The molecule has 0 heterocycles. The standard InChI is InChI=1S/C8H16N2O5/c9-2-4-15-5-7(12)10-6(1-3-11)8(13)14/h6,11H,1-5,9H2,(H,10,12)(H,13,14)/t6-/m1/s1. The number of carbonyl (C=O) groups is 2. The van der Waals surface area contributed by atoms with Crippen LogP contribution in [0.25, 0.3) is 0 Å². The van der Waals surface area contributed by atoms with Gasteiger partial charge in [0.25, 0.3) is 0 Å². The number of nitrogens with two attached hydrogens (primary N) is 1. The van der Waals surface area contributed by atoms with Crippen molar-refractivity contribution in [3.05, 3.63) is 0 Å². The average molecular weight is 220 g/mol. The van der Waals surface area contributed by atoms with Crippen molar-refractivity contribution in [1.29, 1.82) is 0 Å². The third kappa shape index (κ3) is 6.83. The summed E-state index contributed by atoms with van der Waals surface area (Å²) in [4.78, 5) is 21.7. The molecule has 0 radical (unpaired) electrons. The topological polar surface area (TPSA) is 122 Å². The zero-order chi connectivity index (χ0) is 11.7. The minimum atomic E-state index is -1.18. The summed E-state index contributed by atoms with van der Waals surface area (Å²) in [6, 6.07) is -1.08. The smallest absolute Gasteiger partial charge is 0.326 e. The molecule has 0 saturated heterocycles. The molecular weight excluding hydrogens is 204 g/mol. The zero-order valence-electron chi connectivity index (χ0n) is 8.31. The van der Waals surface area contributed by atoms with Gasteiger partial charge >= 0.3 is 5.97 Å². The van der Waals surface area contributed by atoms with Gasteiger partial charge in [0.1, 0.15) is 12.6 Å². The third-order valence-electron chi connectivity index (χ3n) is 1.55. The summed E-state index contributed by atoms with van der Waals surface area (Å²) in [6.07, 6.45) is -0.0298. The first-order valence-corrected chi connectivity index (χ1v) is 4.52. The molecule has 0 bridgehead atoms. The minimum Gasteiger partial charge on any atom is -0.480 e. The van der Waals surface area contributed by atoms with Gasteiger partial charge in [-0.2, -0.15) is 0 Å². The van der Waals surface area contributed by atoms with Gasteiger partial charge in [-0.15, -0.1) is 0 Å². The van der Waals surface area contributed by atoms with Gasteiger partial charge in [-0.25, -0.2) is 4.79 Å². The van der Waals surface area contributed by atoms with Gasteiger partial charge in [0.2, 0.25) is 5.91 Å². The number of carboxylic acids is 1. The van der Waals surface area contributed by atoms with Gasteiger partial charge < -0.3 is 26.0 Å². The van der Waals surface area contributed by atoms with E-state index in [9.17, 15) is 9.59 Å². The Morgan fingerprint density at radius 1 is 1.47 bits per heavy atom. The van der Waals surface area contributed by atoms with Crippen molar-refractivity contribution in [2.75, 3.05) is 26.4 Å². The molecule has 7 nitrogen and oxygen atoms in total. The van der Waals surface area contributed by atoms with E-state index < -0.39 is 17.9 Å². The molecule has 0 aliphatic carbocycles. The third-order valence-corrected chi connectivity index (χ3v) is 1.55. The van der Waals surface area contributed by atoms with Crippen molar-refractivity contribution >= 4 is 11.9 Å². The fraction of sp³-hybridized carbons (Fsp3) is 0.750. The molecule has 1 atom stereocenters. The summed E-state index contributed by atoms with van der Waals surface area (Å²) in [6.45, 7) is 0.00471. The summed E-state index contributed by atoms with van der Waals surface area (Å²) in [5.74, 6) is -1.72. The number of hydrogen-bond donors (Lipinski definition) is 4. The average Bonchev–Trinajstić information content (AvgIpc) is 2.17. The number of carboxylic acid groups (broad SMARTS) is 1. The van der Waals surface area contributed by atoms with Crippen LogP contribution in [0.4, 0.5) is 0 Å². The first kappa shape index (κ1) is 13.8. The molecule has 5 N–H and O–H groups in total. The molecule has 0 aromatic rings. The predicted molar refractivity (Wildman–Crippen MR) is 51.1 cm³/mol. The monoisotopic (exact) mass is 220 g/mol. The van der Waals surface area contributed by atoms with Crippen LogP contribution in [0.3, 0.4) is 0 Å². The quantitative estimate of drug-likeness (QED) is 0.348. The predicted octanol–water partition coefficient (Wildman–Crippen LogP) is -2.09. The molecule has 0 saturated carbocycles. The lowest BCUT2D eigenvalue weighted by atomic mass is 10.2. The van der Waals surface area contributed by atoms with E-state index in [1.165, 1.54) is 0 Å². The summed E-state index contributed by atoms with van der Waals surface area (Å²) in [5.41, 5.74) is 5.13. The molecule has 7 heteroatoms. The molecular formula is C8H16N2O5. The maximum atomic E-state index is 11.1. The Hall–Kier alpha value is -1.18. The number of amides is 1. The molecule has 0 rings (SSSR count). The largest absolute Gasteiger partial charge is 0.480 e. The van der Waals surface area contributed by atoms with Crippen LogP contribution >= 0.6 is 0 Å². The first-order valence-electron chi connectivity index (χ1n) is 4.52. The molecule has 0 spiro atoms. The zero-order valence-corrected chi connectivity index (χ0v) is 8.31. The number of ether oxygens (including phenoxy) is 1. The van der Waals surface area contributed by atoms with Crippen LogP contribution < -0.4 is 11.1 Å². The van der Waals surface area contributed by atoms with Crippen LogP contribution in [0, 0.1) is 0 Å². The van der Waals surface area contributed by atoms with Crippen LogP contribution in [-0.4, -0.2) is 54.5 Å². The second-order valence-electron chi connectivity index (χ2n) is 2.81. The second kappa shape index (κ2) is 8.16. The Morgan fingerprint density at radius 2 is 2.13 bits per heavy atom. The number of aliphatic hydroxyl groups excluding tert-OH is 1. The number of aliphatic hydroxyl groups is 1. The number of nitrogens with one attached hydrogen (secondary N) is 1. The number of hydrogen-bond acceptors (Lipinski definition) is 5. The van der Waals surface area contributed by atoms with E-state index in [1.54, 1.807) is 0 Å². The van der Waals surface area contributed by atoms with Crippen LogP contribution in [0.15, 0.2) is 0 Å². The Kier molecular flexibility index (Phi) is 7.51. The number of aliphatic carboxylic acids is 1. The van der Waals surface area contributed by atoms with E-state index in [-0.39, 0.29) is 26.2 Å². The van der Waals surface area contributed by atoms with E-state index in [1.807, 2.05) is 0 Å². The molecule has 0 aromatic carbocycles. The van der Waals surface area contributed by atoms with Crippen molar-refractivity contribution in [3.8, 4) is 0 Å². The van der Waals surface area contributed by atoms with E-state index in [0.717, 1.165) is 0 Å². The van der Waals surface area contributed by atoms with Gasteiger partial charge in [-0.05, 0) is 0 Å². The van der Waals surface area contributed by atoms with Crippen molar-refractivity contribution in [2.45, 2.75) is 12.5 Å². The van der Waals surface area contributed by atoms with Gasteiger partial charge in [0.05, 0.1) is 6.61 Å². The normalized spacial score (nSPS) is 12.1. The highest BCUT2D eigenvalue weighted by molar-refractivity contribution is 5.84. The number of rotatable bonds is 8. The van der Waals surface area contributed by atoms with E-state index in [4.69, 9.17) is 20.7 Å². The summed E-state index contributed by atoms with van der Waals surface area (Å²) >= 11 is 0. The first-order chi connectivity index (χ1) is 7.11. The lowest BCUT2D eigenvalue weighted by molar-refractivity contribution is -0.143.